The smallest absolute Gasteiger partial charge is 0.0976 e. The van der Waals surface area contributed by atoms with Gasteiger partial charge in [-0.15, -0.1) is 0 Å². The molecule has 0 amide bonds. The fraction of sp³-hybridized carbons (Fsp3) is 0.429. The first kappa shape index (κ1) is 12.5. The molecule has 1 aliphatic carbocycles. The molecule has 1 aromatic carbocycles. The number of nitrogens with one attached hydrogen (secondary N) is 1. The van der Waals surface area contributed by atoms with E-state index < -0.39 is 11.0 Å². The number of hydrogen-bond acceptors (Lipinski definition) is 1. The minimum atomic E-state index is -1.03. The first-order valence-corrected chi connectivity index (χ1v) is 7.07. The van der Waals surface area contributed by atoms with Crippen molar-refractivity contribution in [1.82, 2.24) is 4.72 Å². The van der Waals surface area contributed by atoms with Crippen molar-refractivity contribution in [3.8, 4) is 0 Å². The molecule has 1 aromatic rings. The van der Waals surface area contributed by atoms with Crippen LogP contribution in [0.5, 0.6) is 0 Å². The third kappa shape index (κ3) is 2.85. The minimum Gasteiger partial charge on any atom is -0.242 e. The predicted molar refractivity (Wildman–Crippen MR) is 73.9 cm³/mol. The van der Waals surface area contributed by atoms with Crippen LogP contribution in [0.15, 0.2) is 30.3 Å². The molecule has 0 unspecified atom stereocenters. The Labute approximate surface area is 106 Å². The Morgan fingerprint density at radius 3 is 2.71 bits per heavy atom. The van der Waals surface area contributed by atoms with Crippen LogP contribution in [-0.2, 0) is 11.0 Å². The van der Waals surface area contributed by atoms with Crippen molar-refractivity contribution in [2.45, 2.75) is 38.0 Å². The SMILES string of the molecule is CC(C)(C)[S@@](=O)N[C@H]1CC=Cc2ccccc21. The molecule has 0 saturated carbocycles. The van der Waals surface area contributed by atoms with Gasteiger partial charge in [0, 0.05) is 6.04 Å². The van der Waals surface area contributed by atoms with Crippen LogP contribution in [0, 0.1) is 0 Å². The van der Waals surface area contributed by atoms with E-state index in [0.717, 1.165) is 6.42 Å². The van der Waals surface area contributed by atoms with Gasteiger partial charge < -0.3 is 0 Å². The van der Waals surface area contributed by atoms with Crippen LogP contribution >= 0.6 is 0 Å². The van der Waals surface area contributed by atoms with Gasteiger partial charge in [0.2, 0.25) is 0 Å². The molecule has 0 radical (unpaired) electrons. The maximum Gasteiger partial charge on any atom is 0.0976 e. The van der Waals surface area contributed by atoms with E-state index in [2.05, 4.69) is 29.0 Å². The van der Waals surface area contributed by atoms with Gasteiger partial charge in [0.15, 0.2) is 0 Å². The fourth-order valence-electron chi connectivity index (χ4n) is 1.86. The number of rotatable bonds is 2. The number of fused-ring (bicyclic) bond motifs is 1. The van der Waals surface area contributed by atoms with Gasteiger partial charge in [0.05, 0.1) is 15.7 Å². The molecule has 2 rings (SSSR count). The lowest BCUT2D eigenvalue weighted by atomic mass is 9.94. The zero-order chi connectivity index (χ0) is 12.5. The van der Waals surface area contributed by atoms with Crippen molar-refractivity contribution in [3.63, 3.8) is 0 Å². The van der Waals surface area contributed by atoms with Gasteiger partial charge in [-0.05, 0) is 38.3 Å². The molecule has 0 aliphatic heterocycles. The largest absolute Gasteiger partial charge is 0.242 e. The zero-order valence-corrected chi connectivity index (χ0v) is 11.4. The molecule has 17 heavy (non-hydrogen) atoms. The summed E-state index contributed by atoms with van der Waals surface area (Å²) in [5, 5.41) is 0. The second-order valence-electron chi connectivity index (χ2n) is 5.32. The third-order valence-corrected chi connectivity index (χ3v) is 4.46. The van der Waals surface area contributed by atoms with Crippen LogP contribution in [0.1, 0.15) is 44.4 Å². The van der Waals surface area contributed by atoms with Crippen molar-refractivity contribution >= 4 is 17.1 Å². The molecule has 0 bridgehead atoms. The van der Waals surface area contributed by atoms with Crippen LogP contribution in [0.4, 0.5) is 0 Å². The van der Waals surface area contributed by atoms with E-state index in [4.69, 9.17) is 0 Å². The molecule has 0 aromatic heterocycles. The Morgan fingerprint density at radius 1 is 1.29 bits per heavy atom. The molecule has 1 aliphatic rings. The quantitative estimate of drug-likeness (QED) is 0.857. The Balaban J connectivity index is 2.20. The van der Waals surface area contributed by atoms with Crippen LogP contribution < -0.4 is 4.72 Å². The molecule has 0 saturated heterocycles. The van der Waals surface area contributed by atoms with E-state index in [1.165, 1.54) is 11.1 Å². The molecule has 3 heteroatoms. The molecule has 0 heterocycles. The highest BCUT2D eigenvalue weighted by Gasteiger charge is 2.24. The molecular formula is C14H19NOS. The Hall–Kier alpha value is -0.930. The highest BCUT2D eigenvalue weighted by Crippen LogP contribution is 2.28. The standard InChI is InChI=1S/C14H19NOS/c1-14(2,3)17(16)15-13-10-6-8-11-7-4-5-9-12(11)13/h4-9,13,15H,10H2,1-3H3/t13-,17+/m0/s1. The van der Waals surface area contributed by atoms with Crippen LogP contribution in [0.25, 0.3) is 6.08 Å². The van der Waals surface area contributed by atoms with Gasteiger partial charge in [0.25, 0.3) is 0 Å². The van der Waals surface area contributed by atoms with Crippen molar-refractivity contribution in [3.05, 3.63) is 41.5 Å². The second kappa shape index (κ2) is 4.75. The fourth-order valence-corrected chi connectivity index (χ4v) is 2.69. The number of hydrogen-bond donors (Lipinski definition) is 1. The third-order valence-electron chi connectivity index (χ3n) is 2.85. The summed E-state index contributed by atoms with van der Waals surface area (Å²) in [5.41, 5.74) is 2.47. The summed E-state index contributed by atoms with van der Waals surface area (Å²) < 4.78 is 15.1. The number of benzene rings is 1. The predicted octanol–water partition coefficient (Wildman–Crippen LogP) is 3.20. The van der Waals surface area contributed by atoms with Crippen LogP contribution in [0.2, 0.25) is 0 Å². The zero-order valence-electron chi connectivity index (χ0n) is 10.6. The van der Waals surface area contributed by atoms with Gasteiger partial charge >= 0.3 is 0 Å². The van der Waals surface area contributed by atoms with Crippen molar-refractivity contribution in [2.75, 3.05) is 0 Å². The first-order valence-electron chi connectivity index (χ1n) is 5.92. The monoisotopic (exact) mass is 249 g/mol. The maximum absolute atomic E-state index is 12.1. The second-order valence-corrected chi connectivity index (χ2v) is 7.32. The highest BCUT2D eigenvalue weighted by molar-refractivity contribution is 7.84. The van der Waals surface area contributed by atoms with E-state index in [0.29, 0.717) is 0 Å². The van der Waals surface area contributed by atoms with E-state index >= 15 is 0 Å². The molecule has 2 nitrogen and oxygen atoms in total. The van der Waals surface area contributed by atoms with Crippen LogP contribution in [-0.4, -0.2) is 8.96 Å². The normalized spacial score (nSPS) is 21.0. The Morgan fingerprint density at radius 2 is 2.00 bits per heavy atom. The summed E-state index contributed by atoms with van der Waals surface area (Å²) in [4.78, 5) is 0. The van der Waals surface area contributed by atoms with E-state index in [-0.39, 0.29) is 10.8 Å². The lowest BCUT2D eigenvalue weighted by molar-refractivity contribution is 0.599. The average molecular weight is 249 g/mol. The van der Waals surface area contributed by atoms with Crippen LogP contribution in [0.3, 0.4) is 0 Å². The molecule has 1 N–H and O–H groups in total. The summed E-state index contributed by atoms with van der Waals surface area (Å²) in [5.74, 6) is 0. The summed E-state index contributed by atoms with van der Waals surface area (Å²) in [6.45, 7) is 5.96. The molecular weight excluding hydrogens is 230 g/mol. The van der Waals surface area contributed by atoms with E-state index in [1.807, 2.05) is 32.9 Å². The summed E-state index contributed by atoms with van der Waals surface area (Å²) >= 11 is 0. The first-order chi connectivity index (χ1) is 7.98. The Bertz CT molecular complexity index is 460. The van der Waals surface area contributed by atoms with Gasteiger partial charge in [-0.1, -0.05) is 36.4 Å². The summed E-state index contributed by atoms with van der Waals surface area (Å²) in [7, 11) is -1.03. The lowest BCUT2D eigenvalue weighted by Gasteiger charge is -2.26. The Kier molecular flexibility index (Phi) is 3.50. The minimum absolute atomic E-state index is 0.163. The van der Waals surface area contributed by atoms with Crippen molar-refractivity contribution in [2.24, 2.45) is 0 Å². The van der Waals surface area contributed by atoms with Crippen molar-refractivity contribution in [1.29, 1.82) is 0 Å². The molecule has 0 spiro atoms. The van der Waals surface area contributed by atoms with Gasteiger partial charge in [-0.2, -0.15) is 0 Å². The maximum atomic E-state index is 12.1. The van der Waals surface area contributed by atoms with E-state index in [1.54, 1.807) is 0 Å². The topological polar surface area (TPSA) is 29.1 Å². The summed E-state index contributed by atoms with van der Waals surface area (Å²) in [6.07, 6.45) is 5.17. The molecule has 0 fully saturated rings. The molecule has 92 valence electrons. The van der Waals surface area contributed by atoms with Gasteiger partial charge in [-0.3, -0.25) is 0 Å². The highest BCUT2D eigenvalue weighted by atomic mass is 32.2. The van der Waals surface area contributed by atoms with E-state index in [9.17, 15) is 4.21 Å². The summed E-state index contributed by atoms with van der Waals surface area (Å²) in [6, 6.07) is 8.44. The lowest BCUT2D eigenvalue weighted by Crippen LogP contribution is -2.36. The average Bonchev–Trinajstić information content (AvgIpc) is 2.28. The van der Waals surface area contributed by atoms with Crippen molar-refractivity contribution < 1.29 is 4.21 Å². The van der Waals surface area contributed by atoms with Gasteiger partial charge in [-0.25, -0.2) is 8.93 Å². The van der Waals surface area contributed by atoms with Gasteiger partial charge in [0.1, 0.15) is 0 Å². The molecule has 2 atom stereocenters.